The van der Waals surface area contributed by atoms with Crippen molar-refractivity contribution in [2.24, 2.45) is 0 Å². The Morgan fingerprint density at radius 3 is 2.62 bits per heavy atom. The third-order valence-corrected chi connectivity index (χ3v) is 5.77. The molecule has 1 heterocycles. The summed E-state index contributed by atoms with van der Waals surface area (Å²) in [6.45, 7) is 0. The molecule has 1 unspecified atom stereocenters. The molecule has 0 amide bonds. The van der Waals surface area contributed by atoms with E-state index in [-0.39, 0.29) is 0 Å². The molecular formula is C12H7BrOS2. The predicted octanol–water partition coefficient (Wildman–Crippen LogP) is 4.08. The summed E-state index contributed by atoms with van der Waals surface area (Å²) >= 11 is 5.12. The van der Waals surface area contributed by atoms with Gasteiger partial charge in [-0.25, -0.2) is 4.21 Å². The van der Waals surface area contributed by atoms with Crippen LogP contribution in [0, 0.1) is 0 Å². The van der Waals surface area contributed by atoms with Crippen LogP contribution in [0.25, 0.3) is 0 Å². The summed E-state index contributed by atoms with van der Waals surface area (Å²) in [7, 11) is -1.04. The van der Waals surface area contributed by atoms with Crippen LogP contribution in [0.4, 0.5) is 0 Å². The maximum absolute atomic E-state index is 12.3. The highest BCUT2D eigenvalue weighted by molar-refractivity contribution is 9.10. The number of rotatable bonds is 0. The first-order valence-electron chi connectivity index (χ1n) is 4.74. The number of hydrogen-bond donors (Lipinski definition) is 0. The van der Waals surface area contributed by atoms with Crippen LogP contribution >= 0.6 is 27.7 Å². The Morgan fingerprint density at radius 1 is 1.00 bits per heavy atom. The predicted molar refractivity (Wildman–Crippen MR) is 69.4 cm³/mol. The van der Waals surface area contributed by atoms with E-state index >= 15 is 0 Å². The van der Waals surface area contributed by atoms with Gasteiger partial charge in [0.05, 0.1) is 20.6 Å². The molecule has 2 aromatic carbocycles. The van der Waals surface area contributed by atoms with E-state index in [1.54, 1.807) is 11.8 Å². The zero-order valence-electron chi connectivity index (χ0n) is 8.14. The summed E-state index contributed by atoms with van der Waals surface area (Å²) in [5.74, 6) is 0. The van der Waals surface area contributed by atoms with Gasteiger partial charge in [0, 0.05) is 14.3 Å². The molecular weight excluding hydrogens is 304 g/mol. The lowest BCUT2D eigenvalue weighted by molar-refractivity contribution is 0.679. The third kappa shape index (κ3) is 1.65. The monoisotopic (exact) mass is 310 g/mol. The number of fused-ring (bicyclic) bond motifs is 2. The Bertz CT molecular complexity index is 595. The Kier molecular flexibility index (Phi) is 2.65. The van der Waals surface area contributed by atoms with Gasteiger partial charge in [-0.1, -0.05) is 39.8 Å². The van der Waals surface area contributed by atoms with Crippen LogP contribution in [0.2, 0.25) is 0 Å². The van der Waals surface area contributed by atoms with E-state index in [2.05, 4.69) is 15.9 Å². The van der Waals surface area contributed by atoms with Gasteiger partial charge in [0.25, 0.3) is 0 Å². The van der Waals surface area contributed by atoms with Crippen molar-refractivity contribution in [1.29, 1.82) is 0 Å². The van der Waals surface area contributed by atoms with Crippen LogP contribution < -0.4 is 0 Å². The molecule has 4 heteroatoms. The highest BCUT2D eigenvalue weighted by Crippen LogP contribution is 2.43. The fourth-order valence-corrected chi connectivity index (χ4v) is 4.89. The van der Waals surface area contributed by atoms with Crippen LogP contribution in [-0.4, -0.2) is 4.21 Å². The fraction of sp³-hybridized carbons (Fsp3) is 0. The minimum Gasteiger partial charge on any atom is -0.249 e. The fourth-order valence-electron chi connectivity index (χ4n) is 1.64. The van der Waals surface area contributed by atoms with Crippen LogP contribution in [0.3, 0.4) is 0 Å². The first-order valence-corrected chi connectivity index (χ1v) is 7.50. The van der Waals surface area contributed by atoms with Gasteiger partial charge in [-0.15, -0.1) is 0 Å². The lowest BCUT2D eigenvalue weighted by atomic mass is 10.3. The quantitative estimate of drug-likeness (QED) is 0.622. The average Bonchev–Trinajstić information content (AvgIpc) is 2.29. The maximum Gasteiger partial charge on any atom is 0.0872 e. The molecule has 1 atom stereocenters. The second kappa shape index (κ2) is 4.02. The maximum atomic E-state index is 12.3. The molecule has 80 valence electrons. The van der Waals surface area contributed by atoms with Crippen molar-refractivity contribution in [3.63, 3.8) is 0 Å². The number of hydrogen-bond acceptors (Lipinski definition) is 2. The van der Waals surface area contributed by atoms with Crippen LogP contribution in [0.5, 0.6) is 0 Å². The standard InChI is InChI=1S/C12H7BrOS2/c13-8-5-6-12-10(7-8)15-9-3-1-2-4-11(9)16(12)14/h1-7H. The minimum atomic E-state index is -1.04. The summed E-state index contributed by atoms with van der Waals surface area (Å²) in [5.41, 5.74) is 0. The molecule has 16 heavy (non-hydrogen) atoms. The lowest BCUT2D eigenvalue weighted by Gasteiger charge is -2.17. The molecule has 0 saturated heterocycles. The summed E-state index contributed by atoms with van der Waals surface area (Å²) in [6.07, 6.45) is 0. The van der Waals surface area contributed by atoms with Gasteiger partial charge >= 0.3 is 0 Å². The molecule has 0 aromatic heterocycles. The second-order valence-electron chi connectivity index (χ2n) is 3.41. The Balaban J connectivity index is 2.22. The van der Waals surface area contributed by atoms with Crippen LogP contribution in [0.1, 0.15) is 0 Å². The molecule has 1 aliphatic heterocycles. The largest absolute Gasteiger partial charge is 0.249 e. The molecule has 0 bridgehead atoms. The minimum absolute atomic E-state index is 0.909. The molecule has 0 radical (unpaired) electrons. The summed E-state index contributed by atoms with van der Waals surface area (Å²) in [5, 5.41) is 0. The van der Waals surface area contributed by atoms with Gasteiger partial charge in [0.15, 0.2) is 0 Å². The first kappa shape index (κ1) is 10.6. The van der Waals surface area contributed by atoms with E-state index in [0.29, 0.717) is 0 Å². The molecule has 0 N–H and O–H groups in total. The molecule has 1 nitrogen and oxygen atoms in total. The van der Waals surface area contributed by atoms with E-state index in [0.717, 1.165) is 24.1 Å². The zero-order chi connectivity index (χ0) is 11.1. The summed E-state index contributed by atoms with van der Waals surface area (Å²) < 4.78 is 13.3. The highest BCUT2D eigenvalue weighted by Gasteiger charge is 2.22. The van der Waals surface area contributed by atoms with Crippen molar-refractivity contribution < 1.29 is 4.21 Å². The molecule has 1 aliphatic rings. The van der Waals surface area contributed by atoms with E-state index < -0.39 is 10.8 Å². The topological polar surface area (TPSA) is 17.1 Å². The lowest BCUT2D eigenvalue weighted by Crippen LogP contribution is -2.01. The van der Waals surface area contributed by atoms with E-state index in [9.17, 15) is 4.21 Å². The van der Waals surface area contributed by atoms with Crippen molar-refractivity contribution in [3.8, 4) is 0 Å². The Labute approximate surface area is 109 Å². The highest BCUT2D eigenvalue weighted by atomic mass is 79.9. The van der Waals surface area contributed by atoms with Gasteiger partial charge < -0.3 is 0 Å². The Hall–Kier alpha value is -0.580. The van der Waals surface area contributed by atoms with Gasteiger partial charge in [-0.05, 0) is 30.3 Å². The molecule has 2 aromatic rings. The molecule has 0 spiro atoms. The zero-order valence-corrected chi connectivity index (χ0v) is 11.4. The third-order valence-electron chi connectivity index (χ3n) is 2.37. The first-order chi connectivity index (χ1) is 7.75. The number of benzene rings is 2. The molecule has 0 saturated carbocycles. The van der Waals surface area contributed by atoms with Gasteiger partial charge in [-0.2, -0.15) is 0 Å². The molecule has 3 rings (SSSR count). The number of halogens is 1. The summed E-state index contributed by atoms with van der Waals surface area (Å²) in [6, 6.07) is 13.7. The molecule has 0 fully saturated rings. The second-order valence-corrected chi connectivity index (χ2v) is 6.83. The van der Waals surface area contributed by atoms with Crippen LogP contribution in [0.15, 0.2) is 66.5 Å². The van der Waals surface area contributed by atoms with E-state index in [1.807, 2.05) is 42.5 Å². The van der Waals surface area contributed by atoms with Crippen molar-refractivity contribution in [2.45, 2.75) is 19.6 Å². The van der Waals surface area contributed by atoms with Gasteiger partial charge in [0.2, 0.25) is 0 Å². The van der Waals surface area contributed by atoms with Crippen LogP contribution in [-0.2, 0) is 10.8 Å². The van der Waals surface area contributed by atoms with Crippen molar-refractivity contribution in [2.75, 3.05) is 0 Å². The SMILES string of the molecule is O=S1c2ccccc2Sc2cc(Br)ccc21. The van der Waals surface area contributed by atoms with Crippen molar-refractivity contribution >= 4 is 38.5 Å². The smallest absolute Gasteiger partial charge is 0.0872 e. The van der Waals surface area contributed by atoms with Crippen molar-refractivity contribution in [3.05, 3.63) is 46.9 Å². The Morgan fingerprint density at radius 2 is 1.75 bits per heavy atom. The van der Waals surface area contributed by atoms with Crippen molar-refractivity contribution in [1.82, 2.24) is 0 Å². The van der Waals surface area contributed by atoms with E-state index in [4.69, 9.17) is 0 Å². The summed E-state index contributed by atoms with van der Waals surface area (Å²) in [4.78, 5) is 3.99. The van der Waals surface area contributed by atoms with Gasteiger partial charge in [-0.3, -0.25) is 0 Å². The normalized spacial score (nSPS) is 17.7. The average molecular weight is 311 g/mol. The van der Waals surface area contributed by atoms with Gasteiger partial charge in [0.1, 0.15) is 0 Å². The van der Waals surface area contributed by atoms with E-state index in [1.165, 1.54) is 0 Å². The molecule has 0 aliphatic carbocycles.